The molecule has 1 heterocycles. The summed E-state index contributed by atoms with van der Waals surface area (Å²) in [5.74, 6) is -1.14. The molecule has 8 heteroatoms. The number of fused-ring (bicyclic) bond motifs is 1. The van der Waals surface area contributed by atoms with E-state index in [1.807, 2.05) is 6.92 Å². The fourth-order valence-corrected chi connectivity index (χ4v) is 2.83. The van der Waals surface area contributed by atoms with Crippen molar-refractivity contribution >= 4 is 44.7 Å². The van der Waals surface area contributed by atoms with Crippen LogP contribution in [0.3, 0.4) is 0 Å². The zero-order chi connectivity index (χ0) is 14.9. The van der Waals surface area contributed by atoms with Gasteiger partial charge in [0, 0.05) is 0 Å². The molecule has 2 rings (SSSR count). The van der Waals surface area contributed by atoms with Crippen molar-refractivity contribution in [2.24, 2.45) is 11.5 Å². The number of aryl methyl sites for hydroxylation is 1. The number of carbonyl (C=O) groups excluding carboxylic acids is 2. The summed E-state index contributed by atoms with van der Waals surface area (Å²) < 4.78 is 0.946. The zero-order valence-electron chi connectivity index (χ0n) is 10.9. The van der Waals surface area contributed by atoms with Crippen LogP contribution < -0.4 is 22.1 Å². The zero-order valence-corrected chi connectivity index (χ0v) is 11.7. The lowest BCUT2D eigenvalue weighted by molar-refractivity contribution is -0.117. The Balaban J connectivity index is 2.47. The summed E-state index contributed by atoms with van der Waals surface area (Å²) in [6.45, 7) is 1.62. The lowest BCUT2D eigenvalue weighted by atomic mass is 10.2. The smallest absolute Gasteiger partial charge is 0.236 e. The van der Waals surface area contributed by atoms with Crippen molar-refractivity contribution in [3.8, 4) is 0 Å². The van der Waals surface area contributed by atoms with Crippen LogP contribution >= 0.6 is 11.3 Å². The monoisotopic (exact) mass is 293 g/mol. The number of nitrogens with two attached hydrogens (primary N) is 3. The molecule has 0 saturated carbocycles. The van der Waals surface area contributed by atoms with Crippen molar-refractivity contribution in [2.45, 2.75) is 6.92 Å². The van der Waals surface area contributed by atoms with Crippen molar-refractivity contribution in [1.82, 2.24) is 4.98 Å². The van der Waals surface area contributed by atoms with Gasteiger partial charge in [-0.2, -0.15) is 0 Å². The van der Waals surface area contributed by atoms with Gasteiger partial charge in [0.15, 0.2) is 0 Å². The van der Waals surface area contributed by atoms with Gasteiger partial charge in [-0.3, -0.25) is 9.59 Å². The van der Waals surface area contributed by atoms with Gasteiger partial charge >= 0.3 is 0 Å². The average Bonchev–Trinajstić information content (AvgIpc) is 2.65. The number of nitrogens with zero attached hydrogens (tertiary/aromatic N) is 2. The van der Waals surface area contributed by atoms with E-state index in [9.17, 15) is 9.59 Å². The number of carbonyl (C=O) groups is 2. The Morgan fingerprint density at radius 3 is 2.40 bits per heavy atom. The summed E-state index contributed by atoms with van der Waals surface area (Å²) in [5, 5.41) is 0.910. The molecule has 0 bridgehead atoms. The molecule has 0 spiro atoms. The van der Waals surface area contributed by atoms with Gasteiger partial charge in [0.2, 0.25) is 11.8 Å². The fourth-order valence-electron chi connectivity index (χ4n) is 1.97. The highest BCUT2D eigenvalue weighted by Gasteiger charge is 2.16. The third-order valence-electron chi connectivity index (χ3n) is 2.68. The number of amides is 2. The maximum absolute atomic E-state index is 11.1. The molecule has 2 aromatic rings. The Labute approximate surface area is 119 Å². The molecule has 0 atom stereocenters. The van der Waals surface area contributed by atoms with Crippen LogP contribution in [0, 0.1) is 6.92 Å². The third kappa shape index (κ3) is 2.97. The number of benzene rings is 1. The minimum atomic E-state index is -0.569. The summed E-state index contributed by atoms with van der Waals surface area (Å²) in [4.78, 5) is 28.0. The van der Waals surface area contributed by atoms with Crippen molar-refractivity contribution in [3.63, 3.8) is 0 Å². The van der Waals surface area contributed by atoms with Crippen LogP contribution in [-0.4, -0.2) is 29.9 Å². The number of anilines is 2. The Kier molecular flexibility index (Phi) is 3.75. The maximum atomic E-state index is 11.1. The summed E-state index contributed by atoms with van der Waals surface area (Å²) in [5.41, 5.74) is 18.1. The molecule has 7 nitrogen and oxygen atoms in total. The first-order valence-electron chi connectivity index (χ1n) is 5.85. The molecule has 0 aliphatic rings. The van der Waals surface area contributed by atoms with Crippen LogP contribution in [0.25, 0.3) is 10.2 Å². The van der Waals surface area contributed by atoms with Crippen molar-refractivity contribution < 1.29 is 9.59 Å². The minimum Gasteiger partial charge on any atom is -0.397 e. The summed E-state index contributed by atoms with van der Waals surface area (Å²) in [6.07, 6.45) is 0. The van der Waals surface area contributed by atoms with Crippen LogP contribution in [-0.2, 0) is 9.59 Å². The highest BCUT2D eigenvalue weighted by Crippen LogP contribution is 2.31. The molecule has 2 amide bonds. The molecule has 106 valence electrons. The Hall–Kier alpha value is -2.35. The Bertz CT molecular complexity index is 666. The van der Waals surface area contributed by atoms with E-state index < -0.39 is 11.8 Å². The van der Waals surface area contributed by atoms with E-state index in [-0.39, 0.29) is 13.1 Å². The quantitative estimate of drug-likeness (QED) is 0.666. The molecule has 1 aromatic heterocycles. The van der Waals surface area contributed by atoms with E-state index in [0.717, 1.165) is 15.2 Å². The van der Waals surface area contributed by atoms with Crippen molar-refractivity contribution in [1.29, 1.82) is 0 Å². The first kappa shape index (κ1) is 14.1. The molecule has 20 heavy (non-hydrogen) atoms. The topological polar surface area (TPSA) is 128 Å². The number of thiazole rings is 1. The van der Waals surface area contributed by atoms with Gasteiger partial charge in [0.05, 0.1) is 39.7 Å². The summed E-state index contributed by atoms with van der Waals surface area (Å²) >= 11 is 1.52. The van der Waals surface area contributed by atoms with E-state index in [1.165, 1.54) is 16.2 Å². The van der Waals surface area contributed by atoms with Gasteiger partial charge in [-0.1, -0.05) is 0 Å². The number of primary amides is 2. The number of hydrogen-bond acceptors (Lipinski definition) is 6. The minimum absolute atomic E-state index is 0.137. The van der Waals surface area contributed by atoms with Crippen LogP contribution in [0.4, 0.5) is 11.4 Å². The SMILES string of the molecule is Cc1nc2cc(N(CC(N)=O)CC(N)=O)c(N)cc2s1. The first-order chi connectivity index (χ1) is 9.36. The molecule has 1 aromatic carbocycles. The van der Waals surface area contributed by atoms with Crippen LogP contribution in [0.2, 0.25) is 0 Å². The molecule has 6 N–H and O–H groups in total. The third-order valence-corrected chi connectivity index (χ3v) is 3.61. The first-order valence-corrected chi connectivity index (χ1v) is 6.66. The molecule has 0 fully saturated rings. The van der Waals surface area contributed by atoms with Gasteiger partial charge in [0.1, 0.15) is 0 Å². The highest BCUT2D eigenvalue weighted by atomic mass is 32.1. The standard InChI is InChI=1S/C12H15N5O2S/c1-6-16-8-3-9(7(13)2-10(8)20-6)17(4-11(14)18)5-12(15)19/h2-3H,4-5,13H2,1H3,(H2,14,18)(H2,15,19). The number of hydrogen-bond donors (Lipinski definition) is 3. The van der Waals surface area contributed by atoms with E-state index in [4.69, 9.17) is 17.2 Å². The lowest BCUT2D eigenvalue weighted by Gasteiger charge is -2.23. The van der Waals surface area contributed by atoms with Crippen LogP contribution in [0.5, 0.6) is 0 Å². The maximum Gasteiger partial charge on any atom is 0.236 e. The Morgan fingerprint density at radius 1 is 1.25 bits per heavy atom. The van der Waals surface area contributed by atoms with Gasteiger partial charge in [-0.05, 0) is 19.1 Å². The van der Waals surface area contributed by atoms with Gasteiger partial charge < -0.3 is 22.1 Å². The lowest BCUT2D eigenvalue weighted by Crippen LogP contribution is -2.40. The normalized spacial score (nSPS) is 10.7. The molecular weight excluding hydrogens is 278 g/mol. The second-order valence-corrected chi connectivity index (χ2v) is 5.64. The largest absolute Gasteiger partial charge is 0.397 e. The van der Waals surface area contributed by atoms with Crippen LogP contribution in [0.1, 0.15) is 5.01 Å². The summed E-state index contributed by atoms with van der Waals surface area (Å²) in [7, 11) is 0. The predicted molar refractivity (Wildman–Crippen MR) is 79.4 cm³/mol. The predicted octanol–water partition coefficient (Wildman–Crippen LogP) is -0.0361. The molecule has 0 radical (unpaired) electrons. The van der Waals surface area contributed by atoms with E-state index in [2.05, 4.69) is 4.98 Å². The van der Waals surface area contributed by atoms with Crippen molar-refractivity contribution in [3.05, 3.63) is 17.1 Å². The number of nitrogen functional groups attached to an aromatic ring is 1. The van der Waals surface area contributed by atoms with Gasteiger partial charge in [0.25, 0.3) is 0 Å². The van der Waals surface area contributed by atoms with Crippen LogP contribution in [0.15, 0.2) is 12.1 Å². The summed E-state index contributed by atoms with van der Waals surface area (Å²) in [6, 6.07) is 3.50. The van der Waals surface area contributed by atoms with Gasteiger partial charge in [-0.25, -0.2) is 4.98 Å². The highest BCUT2D eigenvalue weighted by molar-refractivity contribution is 7.18. The van der Waals surface area contributed by atoms with Gasteiger partial charge in [-0.15, -0.1) is 11.3 Å². The molecule has 0 unspecified atom stereocenters. The number of rotatable bonds is 5. The van der Waals surface area contributed by atoms with E-state index in [1.54, 1.807) is 12.1 Å². The molecule has 0 aliphatic carbocycles. The van der Waals surface area contributed by atoms with Crippen molar-refractivity contribution in [2.75, 3.05) is 23.7 Å². The van der Waals surface area contributed by atoms with E-state index in [0.29, 0.717) is 11.4 Å². The second kappa shape index (κ2) is 5.33. The molecule has 0 aliphatic heterocycles. The number of aromatic nitrogens is 1. The molecule has 0 saturated heterocycles. The Morgan fingerprint density at radius 2 is 1.85 bits per heavy atom. The second-order valence-electron chi connectivity index (χ2n) is 4.40. The fraction of sp³-hybridized carbons (Fsp3) is 0.250. The van der Waals surface area contributed by atoms with E-state index >= 15 is 0 Å². The molecular formula is C12H15N5O2S. The average molecular weight is 293 g/mol.